The molecule has 2 atom stereocenters. The summed E-state index contributed by atoms with van der Waals surface area (Å²) in [7, 11) is 0. The van der Waals surface area contributed by atoms with E-state index in [-0.39, 0.29) is 19.5 Å². The zero-order valence-electron chi connectivity index (χ0n) is 13.9. The molecular weight excluding hydrogens is 423 g/mol. The third-order valence-corrected chi connectivity index (χ3v) is 4.37. The molecule has 2 rings (SSSR count). The maximum Gasteiger partial charge on any atom is 0.410 e. The maximum atomic E-state index is 12.5. The van der Waals surface area contributed by atoms with E-state index in [1.165, 1.54) is 4.90 Å². The van der Waals surface area contributed by atoms with Crippen LogP contribution in [-0.4, -0.2) is 67.2 Å². The molecule has 1 heterocycles. The lowest BCUT2D eigenvalue weighted by Crippen LogP contribution is -2.43. The molecule has 0 radical (unpaired) electrons. The van der Waals surface area contributed by atoms with Crippen LogP contribution in [0.3, 0.4) is 0 Å². The zero-order chi connectivity index (χ0) is 20.2. The molecular formula is C16H17Cl3N2O6. The van der Waals surface area contributed by atoms with E-state index < -0.39 is 40.6 Å². The molecule has 2 amide bonds. The highest BCUT2D eigenvalue weighted by Gasteiger charge is 2.44. The Hall–Kier alpha value is -1.90. The second-order valence-electron chi connectivity index (χ2n) is 5.96. The van der Waals surface area contributed by atoms with E-state index in [1.807, 2.05) is 0 Å². The Morgan fingerprint density at radius 1 is 1.19 bits per heavy atom. The monoisotopic (exact) mass is 438 g/mol. The van der Waals surface area contributed by atoms with Crippen LogP contribution >= 0.6 is 34.8 Å². The first-order valence-corrected chi connectivity index (χ1v) is 8.98. The Morgan fingerprint density at radius 2 is 1.81 bits per heavy atom. The Balaban J connectivity index is 2.22. The minimum absolute atomic E-state index is 0.0721. The molecule has 0 spiro atoms. The minimum Gasteiger partial charge on any atom is -0.480 e. The van der Waals surface area contributed by atoms with Crippen molar-refractivity contribution in [3.05, 3.63) is 35.9 Å². The summed E-state index contributed by atoms with van der Waals surface area (Å²) in [6.45, 7) is -0.578. The predicted molar refractivity (Wildman–Crippen MR) is 98.2 cm³/mol. The van der Waals surface area contributed by atoms with Crippen LogP contribution < -0.4 is 0 Å². The van der Waals surface area contributed by atoms with Gasteiger partial charge in [0.25, 0.3) is 0 Å². The highest BCUT2D eigenvalue weighted by atomic mass is 35.6. The van der Waals surface area contributed by atoms with Gasteiger partial charge in [-0.05, 0) is 5.56 Å². The van der Waals surface area contributed by atoms with Gasteiger partial charge in [0.15, 0.2) is 0 Å². The summed E-state index contributed by atoms with van der Waals surface area (Å²) in [6, 6.07) is 6.94. The summed E-state index contributed by atoms with van der Waals surface area (Å²) in [6.07, 6.45) is -2.28. The van der Waals surface area contributed by atoms with Crippen molar-refractivity contribution >= 4 is 53.0 Å². The first-order chi connectivity index (χ1) is 12.6. The number of ether oxygens (including phenoxy) is 1. The molecule has 148 valence electrons. The Bertz CT molecular complexity index is 675. The molecule has 1 aromatic carbocycles. The highest BCUT2D eigenvalue weighted by molar-refractivity contribution is 6.67. The van der Waals surface area contributed by atoms with Crippen molar-refractivity contribution in [3.63, 3.8) is 0 Å². The molecule has 0 aliphatic carbocycles. The molecule has 1 aliphatic rings. The first-order valence-electron chi connectivity index (χ1n) is 7.85. The van der Waals surface area contributed by atoms with Crippen molar-refractivity contribution in [2.24, 2.45) is 0 Å². The average Bonchev–Trinajstić information content (AvgIpc) is 3.03. The van der Waals surface area contributed by atoms with E-state index in [2.05, 4.69) is 0 Å². The van der Waals surface area contributed by atoms with Gasteiger partial charge in [-0.2, -0.15) is 0 Å². The Morgan fingerprint density at radius 3 is 2.30 bits per heavy atom. The Labute approximate surface area is 170 Å². The number of hydrogen-bond donors (Lipinski definition) is 2. The fourth-order valence-corrected chi connectivity index (χ4v) is 3.00. The SMILES string of the molecule is O=C(O)C1CC(N(Cc2ccccc2)C(=O)OCC(Cl)(Cl)Cl)CN1C(=O)O. The van der Waals surface area contributed by atoms with Crippen molar-refractivity contribution in [1.29, 1.82) is 0 Å². The van der Waals surface area contributed by atoms with Gasteiger partial charge in [0.05, 0.1) is 6.04 Å². The summed E-state index contributed by atoms with van der Waals surface area (Å²) in [5.74, 6) is -1.28. The topological polar surface area (TPSA) is 107 Å². The molecule has 1 aliphatic heterocycles. The summed E-state index contributed by atoms with van der Waals surface area (Å²) < 4.78 is 3.22. The summed E-state index contributed by atoms with van der Waals surface area (Å²) in [5, 5.41) is 18.5. The van der Waals surface area contributed by atoms with Gasteiger partial charge in [-0.25, -0.2) is 14.4 Å². The molecule has 2 unspecified atom stereocenters. The number of alkyl halides is 3. The van der Waals surface area contributed by atoms with Crippen molar-refractivity contribution in [2.45, 2.75) is 28.8 Å². The molecule has 1 saturated heterocycles. The quantitative estimate of drug-likeness (QED) is 0.682. The molecule has 1 fully saturated rings. The third kappa shape index (κ3) is 6.05. The van der Waals surface area contributed by atoms with E-state index in [0.717, 1.165) is 10.5 Å². The smallest absolute Gasteiger partial charge is 0.410 e. The lowest BCUT2D eigenvalue weighted by Gasteiger charge is -2.28. The van der Waals surface area contributed by atoms with Crippen molar-refractivity contribution in [3.8, 4) is 0 Å². The summed E-state index contributed by atoms with van der Waals surface area (Å²) in [4.78, 5) is 37.3. The van der Waals surface area contributed by atoms with Crippen LogP contribution in [0.5, 0.6) is 0 Å². The molecule has 1 aromatic rings. The van der Waals surface area contributed by atoms with Crippen LogP contribution in [0.4, 0.5) is 9.59 Å². The molecule has 0 bridgehead atoms. The van der Waals surface area contributed by atoms with Crippen LogP contribution in [0.2, 0.25) is 0 Å². The van der Waals surface area contributed by atoms with Crippen molar-refractivity contribution < 1.29 is 29.3 Å². The average molecular weight is 440 g/mol. The van der Waals surface area contributed by atoms with Gasteiger partial charge in [-0.3, -0.25) is 9.80 Å². The molecule has 0 aromatic heterocycles. The van der Waals surface area contributed by atoms with Gasteiger partial charge < -0.3 is 14.9 Å². The van der Waals surface area contributed by atoms with E-state index in [1.54, 1.807) is 30.3 Å². The summed E-state index contributed by atoms with van der Waals surface area (Å²) in [5.41, 5.74) is 0.754. The number of carbonyl (C=O) groups excluding carboxylic acids is 1. The molecule has 2 N–H and O–H groups in total. The molecule has 27 heavy (non-hydrogen) atoms. The third-order valence-electron chi connectivity index (χ3n) is 4.04. The second-order valence-corrected chi connectivity index (χ2v) is 8.48. The number of carboxylic acid groups (broad SMARTS) is 2. The van der Waals surface area contributed by atoms with Crippen LogP contribution in [0.1, 0.15) is 12.0 Å². The first kappa shape index (κ1) is 21.4. The molecule has 0 saturated carbocycles. The van der Waals surface area contributed by atoms with Gasteiger partial charge in [0, 0.05) is 19.5 Å². The fraction of sp³-hybridized carbons (Fsp3) is 0.438. The van der Waals surface area contributed by atoms with Crippen molar-refractivity contribution in [1.82, 2.24) is 9.80 Å². The van der Waals surface area contributed by atoms with E-state index >= 15 is 0 Å². The van der Waals surface area contributed by atoms with Crippen LogP contribution in [-0.2, 0) is 16.1 Å². The van der Waals surface area contributed by atoms with Gasteiger partial charge in [0.1, 0.15) is 12.6 Å². The number of carbonyl (C=O) groups is 3. The normalized spacial score (nSPS) is 19.6. The standard InChI is InChI=1S/C16H17Cl3N2O6/c17-16(18,19)9-27-15(26)20(7-10-4-2-1-3-5-10)11-6-12(13(22)23)21(8-11)14(24)25/h1-5,11-12H,6-9H2,(H,22,23)(H,24,25). The van der Waals surface area contributed by atoms with E-state index in [0.29, 0.717) is 0 Å². The van der Waals surface area contributed by atoms with Crippen molar-refractivity contribution in [2.75, 3.05) is 13.2 Å². The number of carboxylic acids is 1. The fourth-order valence-electron chi connectivity index (χ4n) is 2.83. The number of aliphatic carboxylic acids is 1. The number of hydrogen-bond acceptors (Lipinski definition) is 4. The van der Waals surface area contributed by atoms with Gasteiger partial charge in [0.2, 0.25) is 3.79 Å². The summed E-state index contributed by atoms with van der Waals surface area (Å²) >= 11 is 16.8. The van der Waals surface area contributed by atoms with E-state index in [4.69, 9.17) is 39.5 Å². The van der Waals surface area contributed by atoms with Gasteiger partial charge >= 0.3 is 18.2 Å². The largest absolute Gasteiger partial charge is 0.480 e. The number of halogens is 3. The van der Waals surface area contributed by atoms with Gasteiger partial charge in [-0.15, -0.1) is 0 Å². The lowest BCUT2D eigenvalue weighted by molar-refractivity contribution is -0.141. The van der Waals surface area contributed by atoms with E-state index in [9.17, 15) is 24.6 Å². The molecule has 8 nitrogen and oxygen atoms in total. The lowest BCUT2D eigenvalue weighted by atomic mass is 10.1. The Kier molecular flexibility index (Phi) is 7.02. The number of likely N-dealkylation sites (tertiary alicyclic amines) is 1. The zero-order valence-corrected chi connectivity index (χ0v) is 16.2. The van der Waals surface area contributed by atoms with Crippen LogP contribution in [0.15, 0.2) is 30.3 Å². The number of amides is 2. The molecule has 11 heteroatoms. The predicted octanol–water partition coefficient (Wildman–Crippen LogP) is 3.20. The highest BCUT2D eigenvalue weighted by Crippen LogP contribution is 2.28. The van der Waals surface area contributed by atoms with Gasteiger partial charge in [-0.1, -0.05) is 65.1 Å². The second kappa shape index (κ2) is 8.86. The van der Waals surface area contributed by atoms with Crippen LogP contribution in [0, 0.1) is 0 Å². The number of rotatable bonds is 5. The maximum absolute atomic E-state index is 12.5. The van der Waals surface area contributed by atoms with Crippen LogP contribution in [0.25, 0.3) is 0 Å². The number of benzene rings is 1. The number of nitrogens with zero attached hydrogens (tertiary/aromatic N) is 2. The minimum atomic E-state index is -1.81.